The molecule has 1 heterocycles. The Labute approximate surface area is 91.9 Å². The molecule has 0 saturated carbocycles. The monoisotopic (exact) mass is 220 g/mol. The summed E-state index contributed by atoms with van der Waals surface area (Å²) >= 11 is 0. The third-order valence-electron chi connectivity index (χ3n) is 2.37. The second kappa shape index (κ2) is 3.77. The van der Waals surface area contributed by atoms with Crippen molar-refractivity contribution >= 4 is 17.9 Å². The van der Waals surface area contributed by atoms with Gasteiger partial charge in [0, 0.05) is 0 Å². The summed E-state index contributed by atoms with van der Waals surface area (Å²) in [5.74, 6) is -0.278. The van der Waals surface area contributed by atoms with Crippen molar-refractivity contribution < 1.29 is 13.8 Å². The number of halogens is 1. The van der Waals surface area contributed by atoms with Gasteiger partial charge in [-0.1, -0.05) is 12.1 Å². The average Bonchev–Trinajstić information content (AvgIpc) is 2.48. The zero-order chi connectivity index (χ0) is 11.7. The van der Waals surface area contributed by atoms with Gasteiger partial charge >= 0.3 is 11.9 Å². The zero-order valence-electron chi connectivity index (χ0n) is 8.70. The Morgan fingerprint density at radius 3 is 2.50 bits per heavy atom. The standard InChI is InChI=1S/C11H10FN3O/c1-15-9(10(16)14-11(15)13)6-7-2-4-8(12)5-3-7/h2-6H,1H3,(H2,13,14,16)/p+1. The average molecular weight is 220 g/mol. The molecule has 1 aromatic rings. The molecule has 5 heteroatoms. The van der Waals surface area contributed by atoms with Gasteiger partial charge in [0.1, 0.15) is 5.82 Å². The molecular formula is C11H11FN3O+. The number of carbonyl (C=O) groups excluding carboxylic acids is 1. The van der Waals surface area contributed by atoms with E-state index in [1.807, 2.05) is 0 Å². The van der Waals surface area contributed by atoms with Crippen molar-refractivity contribution in [3.63, 3.8) is 0 Å². The first-order valence-electron chi connectivity index (χ1n) is 4.72. The lowest BCUT2D eigenvalue weighted by Crippen LogP contribution is -2.32. The van der Waals surface area contributed by atoms with Crippen LogP contribution in [0, 0.1) is 5.82 Å². The van der Waals surface area contributed by atoms with E-state index in [1.54, 1.807) is 29.8 Å². The summed E-state index contributed by atoms with van der Waals surface area (Å²) in [7, 11) is 1.68. The van der Waals surface area contributed by atoms with Crippen LogP contribution in [0.3, 0.4) is 0 Å². The lowest BCUT2D eigenvalue weighted by molar-refractivity contribution is -0.432. The van der Waals surface area contributed by atoms with Gasteiger partial charge in [-0.05, 0) is 23.8 Å². The smallest absolute Gasteiger partial charge is 0.290 e. The molecule has 1 amide bonds. The number of likely N-dealkylation sites (N-methyl/N-ethyl adjacent to an activating group) is 1. The topological polar surface area (TPSA) is 58.1 Å². The fraction of sp³-hybridized carbons (Fsp3) is 0.0909. The maximum Gasteiger partial charge on any atom is 0.356 e. The van der Waals surface area contributed by atoms with Crippen LogP contribution in [0.1, 0.15) is 5.56 Å². The van der Waals surface area contributed by atoms with E-state index in [1.165, 1.54) is 12.1 Å². The molecule has 0 radical (unpaired) electrons. The molecule has 16 heavy (non-hydrogen) atoms. The first-order chi connectivity index (χ1) is 7.58. The number of nitrogens with zero attached hydrogens (tertiary/aromatic N) is 1. The number of carbonyl (C=O) groups is 1. The van der Waals surface area contributed by atoms with Crippen molar-refractivity contribution in [2.45, 2.75) is 0 Å². The highest BCUT2D eigenvalue weighted by Crippen LogP contribution is 2.10. The van der Waals surface area contributed by atoms with Gasteiger partial charge < -0.3 is 0 Å². The number of guanidine groups is 1. The lowest BCUT2D eigenvalue weighted by atomic mass is 10.2. The highest BCUT2D eigenvalue weighted by molar-refractivity contribution is 6.08. The van der Waals surface area contributed by atoms with Crippen molar-refractivity contribution in [1.82, 2.24) is 5.32 Å². The second-order valence-corrected chi connectivity index (χ2v) is 3.48. The molecule has 1 aromatic carbocycles. The third kappa shape index (κ3) is 1.79. The van der Waals surface area contributed by atoms with Crippen molar-refractivity contribution in [2.75, 3.05) is 7.05 Å². The quantitative estimate of drug-likeness (QED) is 0.526. The van der Waals surface area contributed by atoms with Gasteiger partial charge in [-0.2, -0.15) is 0 Å². The number of nitrogens with one attached hydrogen (secondary N) is 1. The maximum absolute atomic E-state index is 12.7. The van der Waals surface area contributed by atoms with E-state index in [4.69, 9.17) is 5.73 Å². The Bertz CT molecular complexity index is 502. The molecule has 1 aliphatic heterocycles. The predicted octanol–water partition coefficient (Wildman–Crippen LogP) is 0.253. The van der Waals surface area contributed by atoms with Crippen LogP contribution >= 0.6 is 0 Å². The van der Waals surface area contributed by atoms with Crippen molar-refractivity contribution in [3.05, 3.63) is 41.3 Å². The lowest BCUT2D eigenvalue weighted by Gasteiger charge is -1.96. The highest BCUT2D eigenvalue weighted by atomic mass is 19.1. The summed E-state index contributed by atoms with van der Waals surface area (Å²) in [6.07, 6.45) is 1.65. The molecule has 0 spiro atoms. The molecule has 2 rings (SSSR count). The molecular weight excluding hydrogens is 209 g/mol. The molecule has 0 aromatic heterocycles. The van der Waals surface area contributed by atoms with Gasteiger partial charge in [0.25, 0.3) is 0 Å². The molecule has 0 saturated heterocycles. The van der Waals surface area contributed by atoms with Crippen LogP contribution in [0.2, 0.25) is 0 Å². The largest absolute Gasteiger partial charge is 0.356 e. The fourth-order valence-electron chi connectivity index (χ4n) is 1.43. The Kier molecular flexibility index (Phi) is 2.44. The van der Waals surface area contributed by atoms with Crippen LogP contribution in [0.4, 0.5) is 4.39 Å². The van der Waals surface area contributed by atoms with Gasteiger partial charge in [-0.15, -0.1) is 0 Å². The normalized spacial score (nSPS) is 18.1. The van der Waals surface area contributed by atoms with Gasteiger partial charge in [0.2, 0.25) is 0 Å². The van der Waals surface area contributed by atoms with Gasteiger partial charge in [0.15, 0.2) is 5.70 Å². The number of hydrogen-bond donors (Lipinski definition) is 2. The SMILES string of the molecule is C[N+]1=C(N)NC(=O)C1=Cc1ccc(F)cc1. The molecule has 1 aliphatic rings. The van der Waals surface area contributed by atoms with E-state index in [-0.39, 0.29) is 11.7 Å². The Balaban J connectivity index is 2.38. The first-order valence-corrected chi connectivity index (χ1v) is 4.72. The third-order valence-corrected chi connectivity index (χ3v) is 2.37. The molecule has 0 atom stereocenters. The van der Waals surface area contributed by atoms with Crippen molar-refractivity contribution in [3.8, 4) is 0 Å². The number of nitrogens with two attached hydrogens (primary N) is 1. The Hall–Kier alpha value is -2.17. The van der Waals surface area contributed by atoms with Gasteiger partial charge in [-0.25, -0.2) is 19.1 Å². The van der Waals surface area contributed by atoms with Crippen LogP contribution in [-0.4, -0.2) is 23.5 Å². The number of amides is 1. The number of hydrogen-bond acceptors (Lipinski definition) is 2. The molecule has 3 N–H and O–H groups in total. The molecule has 0 unspecified atom stereocenters. The molecule has 0 bridgehead atoms. The summed E-state index contributed by atoms with van der Waals surface area (Å²) in [6, 6.07) is 5.87. The highest BCUT2D eigenvalue weighted by Gasteiger charge is 2.28. The minimum atomic E-state index is -0.308. The van der Waals surface area contributed by atoms with E-state index in [0.29, 0.717) is 11.7 Å². The zero-order valence-corrected chi connectivity index (χ0v) is 8.70. The molecule has 0 fully saturated rings. The van der Waals surface area contributed by atoms with E-state index in [0.717, 1.165) is 5.56 Å². The Morgan fingerprint density at radius 2 is 2.00 bits per heavy atom. The summed E-state index contributed by atoms with van der Waals surface area (Å²) in [5.41, 5.74) is 6.72. The summed E-state index contributed by atoms with van der Waals surface area (Å²) in [6.45, 7) is 0. The Morgan fingerprint density at radius 1 is 1.38 bits per heavy atom. The predicted molar refractivity (Wildman–Crippen MR) is 57.9 cm³/mol. The van der Waals surface area contributed by atoms with E-state index < -0.39 is 0 Å². The molecule has 82 valence electrons. The molecule has 0 aliphatic carbocycles. The summed E-state index contributed by atoms with van der Waals surface area (Å²) in [4.78, 5) is 11.5. The summed E-state index contributed by atoms with van der Waals surface area (Å²) < 4.78 is 14.2. The van der Waals surface area contributed by atoms with E-state index in [9.17, 15) is 9.18 Å². The second-order valence-electron chi connectivity index (χ2n) is 3.48. The van der Waals surface area contributed by atoms with Crippen LogP contribution in [-0.2, 0) is 4.79 Å². The van der Waals surface area contributed by atoms with Gasteiger partial charge in [-0.3, -0.25) is 5.73 Å². The van der Waals surface area contributed by atoms with Crippen molar-refractivity contribution in [2.24, 2.45) is 5.73 Å². The van der Waals surface area contributed by atoms with E-state index in [2.05, 4.69) is 5.32 Å². The van der Waals surface area contributed by atoms with Crippen molar-refractivity contribution in [1.29, 1.82) is 0 Å². The number of benzene rings is 1. The first kappa shape index (κ1) is 10.4. The summed E-state index contributed by atoms with van der Waals surface area (Å²) in [5, 5.41) is 2.49. The maximum atomic E-state index is 12.7. The van der Waals surface area contributed by atoms with Crippen LogP contribution in [0.15, 0.2) is 30.0 Å². The minimum Gasteiger partial charge on any atom is -0.290 e. The molecule has 4 nitrogen and oxygen atoms in total. The van der Waals surface area contributed by atoms with Gasteiger partial charge in [0.05, 0.1) is 7.05 Å². The minimum absolute atomic E-state index is 0.260. The van der Waals surface area contributed by atoms with E-state index >= 15 is 0 Å². The van der Waals surface area contributed by atoms with Crippen LogP contribution in [0.25, 0.3) is 6.08 Å². The number of rotatable bonds is 1. The fourth-order valence-corrected chi connectivity index (χ4v) is 1.43. The van der Waals surface area contributed by atoms with Crippen LogP contribution < -0.4 is 11.1 Å². The van der Waals surface area contributed by atoms with Crippen LogP contribution in [0.5, 0.6) is 0 Å².